The van der Waals surface area contributed by atoms with Crippen LogP contribution in [0.5, 0.6) is 5.75 Å². The number of anilines is 1. The van der Waals surface area contributed by atoms with E-state index in [-0.39, 0.29) is 18.3 Å². The first kappa shape index (κ1) is 22.9. The highest BCUT2D eigenvalue weighted by Crippen LogP contribution is 2.33. The molecule has 0 atom stereocenters. The highest BCUT2D eigenvalue weighted by atomic mass is 35.5. The van der Waals surface area contributed by atoms with Crippen molar-refractivity contribution in [3.63, 3.8) is 0 Å². The van der Waals surface area contributed by atoms with Gasteiger partial charge in [-0.25, -0.2) is 9.59 Å². The number of carboxylic acid groups (broad SMARTS) is 1. The molecule has 31 heavy (non-hydrogen) atoms. The van der Waals surface area contributed by atoms with Gasteiger partial charge in [-0.3, -0.25) is 5.32 Å². The monoisotopic (exact) mass is 447 g/mol. The van der Waals surface area contributed by atoms with Crippen molar-refractivity contribution in [1.82, 2.24) is 0 Å². The average molecular weight is 448 g/mol. The topological polar surface area (TPSA) is 105 Å². The molecule has 1 aliphatic rings. The minimum absolute atomic E-state index is 0.0907. The molecular weight excluding hydrogens is 422 g/mol. The molecule has 8 heteroatoms. The Bertz CT molecular complexity index is 893. The smallest absolute Gasteiger partial charge is 0.411 e. The molecule has 166 valence electrons. The molecule has 3 N–H and O–H groups in total. The van der Waals surface area contributed by atoms with Gasteiger partial charge in [-0.05, 0) is 73.4 Å². The summed E-state index contributed by atoms with van der Waals surface area (Å²) in [5.41, 5.74) is 2.00. The summed E-state index contributed by atoms with van der Waals surface area (Å²) in [7, 11) is 0. The van der Waals surface area contributed by atoms with Gasteiger partial charge in [0.2, 0.25) is 0 Å². The standard InChI is InChI=1S/C23H26ClNO6/c24-18-7-5-17(6-8-18)20-11-19(26)9-10-21(20)25-23(29)31-13-16-3-1-15(2-4-16)12-30-14-22(27)28/h5-11,15-16,26H,1-4,12-14H2,(H,25,29)(H,27,28). The lowest BCUT2D eigenvalue weighted by atomic mass is 9.83. The van der Waals surface area contributed by atoms with Gasteiger partial charge in [-0.1, -0.05) is 23.7 Å². The number of rotatable bonds is 8. The first-order chi connectivity index (χ1) is 14.9. The van der Waals surface area contributed by atoms with Crippen molar-refractivity contribution in [2.24, 2.45) is 11.8 Å². The fourth-order valence-electron chi connectivity index (χ4n) is 3.73. The van der Waals surface area contributed by atoms with Gasteiger partial charge in [0.05, 0.1) is 18.9 Å². The second-order valence-corrected chi connectivity index (χ2v) is 8.19. The summed E-state index contributed by atoms with van der Waals surface area (Å²) in [4.78, 5) is 22.9. The SMILES string of the molecule is O=C(O)COCC1CCC(COC(=O)Nc2ccc(O)cc2-c2ccc(Cl)cc2)CC1. The average Bonchev–Trinajstić information content (AvgIpc) is 2.75. The van der Waals surface area contributed by atoms with Gasteiger partial charge >= 0.3 is 12.1 Å². The number of nitrogens with one attached hydrogen (secondary N) is 1. The van der Waals surface area contributed by atoms with Gasteiger partial charge < -0.3 is 19.7 Å². The highest BCUT2D eigenvalue weighted by molar-refractivity contribution is 6.30. The molecule has 3 rings (SSSR count). The Morgan fingerprint density at radius 3 is 2.29 bits per heavy atom. The maximum Gasteiger partial charge on any atom is 0.411 e. The zero-order valence-electron chi connectivity index (χ0n) is 17.1. The van der Waals surface area contributed by atoms with E-state index in [1.807, 2.05) is 12.1 Å². The molecule has 0 spiro atoms. The Morgan fingerprint density at radius 2 is 1.65 bits per heavy atom. The van der Waals surface area contributed by atoms with Crippen LogP contribution in [-0.2, 0) is 14.3 Å². The van der Waals surface area contributed by atoms with Crippen LogP contribution in [0.1, 0.15) is 25.7 Å². The molecule has 1 saturated carbocycles. The lowest BCUT2D eigenvalue weighted by Gasteiger charge is -2.27. The van der Waals surface area contributed by atoms with Crippen LogP contribution in [0.3, 0.4) is 0 Å². The summed E-state index contributed by atoms with van der Waals surface area (Å²) in [6.07, 6.45) is 3.11. The molecule has 1 amide bonds. The molecule has 0 bridgehead atoms. The molecule has 0 radical (unpaired) electrons. The second-order valence-electron chi connectivity index (χ2n) is 7.76. The Balaban J connectivity index is 1.48. The number of carbonyl (C=O) groups is 2. The molecule has 0 saturated heterocycles. The molecule has 2 aromatic rings. The number of ether oxygens (including phenoxy) is 2. The van der Waals surface area contributed by atoms with Gasteiger partial charge in [0.1, 0.15) is 12.4 Å². The van der Waals surface area contributed by atoms with E-state index in [2.05, 4.69) is 5.32 Å². The zero-order chi connectivity index (χ0) is 22.2. The number of amides is 1. The summed E-state index contributed by atoms with van der Waals surface area (Å²) in [5, 5.41) is 21.8. The summed E-state index contributed by atoms with van der Waals surface area (Å²) in [6.45, 7) is 0.510. The zero-order valence-corrected chi connectivity index (χ0v) is 17.8. The maximum absolute atomic E-state index is 12.4. The summed E-state index contributed by atoms with van der Waals surface area (Å²) < 4.78 is 10.6. The van der Waals surface area contributed by atoms with Crippen LogP contribution in [0.4, 0.5) is 10.5 Å². The van der Waals surface area contributed by atoms with Crippen LogP contribution >= 0.6 is 11.6 Å². The van der Waals surface area contributed by atoms with E-state index in [0.29, 0.717) is 35.4 Å². The summed E-state index contributed by atoms with van der Waals surface area (Å²) in [5.74, 6) is -0.241. The van der Waals surface area contributed by atoms with Crippen molar-refractivity contribution in [3.05, 3.63) is 47.5 Å². The van der Waals surface area contributed by atoms with Crippen LogP contribution in [0, 0.1) is 11.8 Å². The van der Waals surface area contributed by atoms with Crippen molar-refractivity contribution in [2.75, 3.05) is 25.1 Å². The van der Waals surface area contributed by atoms with Crippen molar-refractivity contribution >= 4 is 29.4 Å². The number of carboxylic acids is 1. The number of aromatic hydroxyl groups is 1. The molecule has 0 heterocycles. The van der Waals surface area contributed by atoms with Crippen molar-refractivity contribution in [3.8, 4) is 16.9 Å². The first-order valence-electron chi connectivity index (χ1n) is 10.2. The normalized spacial score (nSPS) is 18.4. The Morgan fingerprint density at radius 1 is 1.00 bits per heavy atom. The van der Waals surface area contributed by atoms with Gasteiger partial charge in [0.25, 0.3) is 0 Å². The molecule has 0 aliphatic heterocycles. The minimum atomic E-state index is -0.957. The maximum atomic E-state index is 12.4. The van der Waals surface area contributed by atoms with E-state index in [9.17, 15) is 14.7 Å². The van der Waals surface area contributed by atoms with E-state index < -0.39 is 12.1 Å². The number of benzene rings is 2. The summed E-state index contributed by atoms with van der Waals surface area (Å²) >= 11 is 5.95. The second kappa shape index (κ2) is 11.0. The molecule has 1 fully saturated rings. The Labute approximate surface area is 185 Å². The predicted octanol–water partition coefficient (Wildman–Crippen LogP) is 5.17. The largest absolute Gasteiger partial charge is 0.508 e. The number of hydrogen-bond acceptors (Lipinski definition) is 5. The van der Waals surface area contributed by atoms with E-state index in [1.165, 1.54) is 6.07 Å². The number of phenols is 1. The third-order valence-corrected chi connectivity index (χ3v) is 5.64. The molecule has 0 aromatic heterocycles. The van der Waals surface area contributed by atoms with Crippen molar-refractivity contribution in [2.45, 2.75) is 25.7 Å². The predicted molar refractivity (Wildman–Crippen MR) is 117 cm³/mol. The molecule has 1 aliphatic carbocycles. The molecule has 7 nitrogen and oxygen atoms in total. The van der Waals surface area contributed by atoms with E-state index >= 15 is 0 Å². The third-order valence-electron chi connectivity index (χ3n) is 5.39. The molecule has 2 aromatic carbocycles. The van der Waals surface area contributed by atoms with Crippen molar-refractivity contribution < 1.29 is 29.3 Å². The first-order valence-corrected chi connectivity index (χ1v) is 10.6. The number of aliphatic carboxylic acids is 1. The third kappa shape index (κ3) is 7.15. The van der Waals surface area contributed by atoms with Gasteiger partial charge in [0, 0.05) is 10.6 Å². The lowest BCUT2D eigenvalue weighted by Crippen LogP contribution is -2.25. The molecule has 0 unspecified atom stereocenters. The number of halogens is 1. The Kier molecular flexibility index (Phi) is 8.14. The number of phenolic OH excluding ortho intramolecular Hbond substituents is 1. The molecular formula is C23H26ClNO6. The van der Waals surface area contributed by atoms with E-state index in [0.717, 1.165) is 31.2 Å². The van der Waals surface area contributed by atoms with Gasteiger partial charge in [-0.15, -0.1) is 0 Å². The van der Waals surface area contributed by atoms with Crippen LogP contribution in [0.25, 0.3) is 11.1 Å². The fourth-order valence-corrected chi connectivity index (χ4v) is 3.85. The van der Waals surface area contributed by atoms with Gasteiger partial charge in [0.15, 0.2) is 0 Å². The number of carbonyl (C=O) groups excluding carboxylic acids is 1. The van der Waals surface area contributed by atoms with Gasteiger partial charge in [-0.2, -0.15) is 0 Å². The van der Waals surface area contributed by atoms with E-state index in [4.69, 9.17) is 26.2 Å². The van der Waals surface area contributed by atoms with E-state index in [1.54, 1.807) is 24.3 Å². The van der Waals surface area contributed by atoms with Crippen molar-refractivity contribution in [1.29, 1.82) is 0 Å². The van der Waals surface area contributed by atoms with Crippen LogP contribution in [0.2, 0.25) is 5.02 Å². The number of hydrogen-bond donors (Lipinski definition) is 3. The van der Waals surface area contributed by atoms with Crippen LogP contribution in [0.15, 0.2) is 42.5 Å². The van der Waals surface area contributed by atoms with Crippen LogP contribution < -0.4 is 5.32 Å². The highest BCUT2D eigenvalue weighted by Gasteiger charge is 2.23. The summed E-state index contributed by atoms with van der Waals surface area (Å²) in [6, 6.07) is 11.8. The lowest BCUT2D eigenvalue weighted by molar-refractivity contribution is -0.142. The Hall–Kier alpha value is -2.77. The minimum Gasteiger partial charge on any atom is -0.508 e. The quantitative estimate of drug-likeness (QED) is 0.482. The van der Waals surface area contributed by atoms with Crippen LogP contribution in [-0.4, -0.2) is 42.1 Å². The fraction of sp³-hybridized carbons (Fsp3) is 0.391.